The van der Waals surface area contributed by atoms with Crippen molar-refractivity contribution in [2.75, 3.05) is 7.05 Å². The van der Waals surface area contributed by atoms with Crippen LogP contribution < -0.4 is 10.1 Å². The lowest BCUT2D eigenvalue weighted by atomic mass is 10.2. The number of ether oxygens (including phenoxy) is 1. The smallest absolute Gasteiger partial charge is 0.410 e. The molecule has 0 spiro atoms. The minimum atomic E-state index is -0.544. The molecule has 0 fully saturated rings. The van der Waals surface area contributed by atoms with Crippen LogP contribution in [-0.2, 0) is 0 Å². The third-order valence-electron chi connectivity index (χ3n) is 2.70. The molecule has 22 heavy (non-hydrogen) atoms. The number of carbonyl (C=O) groups is 1. The van der Waals surface area contributed by atoms with E-state index in [0.717, 1.165) is 5.56 Å². The molecule has 112 valence electrons. The first kappa shape index (κ1) is 15.2. The van der Waals surface area contributed by atoms with Gasteiger partial charge in [-0.3, -0.25) is 15.1 Å². The van der Waals surface area contributed by atoms with Crippen LogP contribution in [0.25, 0.3) is 0 Å². The molecule has 0 saturated carbocycles. The molecule has 0 aromatic heterocycles. The molecule has 1 amide bonds. The highest BCUT2D eigenvalue weighted by Crippen LogP contribution is 2.19. The van der Waals surface area contributed by atoms with Crippen LogP contribution in [0.1, 0.15) is 5.56 Å². The van der Waals surface area contributed by atoms with Crippen molar-refractivity contribution in [1.29, 1.82) is 0 Å². The summed E-state index contributed by atoms with van der Waals surface area (Å²) in [5.41, 5.74) is 1.25. The zero-order valence-electron chi connectivity index (χ0n) is 11.7. The summed E-state index contributed by atoms with van der Waals surface area (Å²) >= 11 is 0. The molecule has 0 radical (unpaired) electrons. The lowest BCUT2D eigenvalue weighted by Crippen LogP contribution is -2.21. The molecule has 0 heterocycles. The van der Waals surface area contributed by atoms with Crippen molar-refractivity contribution in [3.05, 3.63) is 64.2 Å². The monoisotopic (exact) mass is 299 g/mol. The molecular weight excluding hydrogens is 286 g/mol. The van der Waals surface area contributed by atoms with E-state index in [1.807, 2.05) is 0 Å². The highest BCUT2D eigenvalue weighted by molar-refractivity contribution is 5.82. The van der Waals surface area contributed by atoms with E-state index >= 15 is 0 Å². The number of nitro benzene ring substituents is 1. The van der Waals surface area contributed by atoms with E-state index in [1.54, 1.807) is 42.6 Å². The van der Waals surface area contributed by atoms with E-state index in [9.17, 15) is 14.9 Å². The van der Waals surface area contributed by atoms with Crippen molar-refractivity contribution in [3.63, 3.8) is 0 Å². The summed E-state index contributed by atoms with van der Waals surface area (Å²) < 4.78 is 4.95. The minimum Gasteiger partial charge on any atom is -0.410 e. The first-order valence-electron chi connectivity index (χ1n) is 6.36. The third kappa shape index (κ3) is 4.14. The molecule has 2 rings (SSSR count). The average Bonchev–Trinajstić information content (AvgIpc) is 2.54. The van der Waals surface area contributed by atoms with Crippen molar-refractivity contribution in [3.8, 4) is 5.75 Å². The second kappa shape index (κ2) is 6.98. The summed E-state index contributed by atoms with van der Waals surface area (Å²) in [5.74, 6) is 0.409. The zero-order valence-corrected chi connectivity index (χ0v) is 11.7. The maximum atomic E-state index is 11.0. The number of benzene rings is 2. The summed E-state index contributed by atoms with van der Waals surface area (Å²) in [6, 6.07) is 12.7. The molecule has 2 aromatic rings. The second-order valence-corrected chi connectivity index (χ2v) is 4.24. The van der Waals surface area contributed by atoms with Gasteiger partial charge in [0.25, 0.3) is 5.69 Å². The summed E-state index contributed by atoms with van der Waals surface area (Å²) in [7, 11) is 1.47. The predicted octanol–water partition coefficient (Wildman–Crippen LogP) is 3.06. The minimum absolute atomic E-state index is 0.0102. The normalized spacial score (nSPS) is 10.4. The molecule has 0 aliphatic carbocycles. The maximum Gasteiger partial charge on any atom is 0.412 e. The van der Waals surface area contributed by atoms with Crippen molar-refractivity contribution >= 4 is 23.7 Å². The molecule has 0 aliphatic rings. The van der Waals surface area contributed by atoms with Crippen molar-refractivity contribution in [2.24, 2.45) is 4.99 Å². The number of nitrogens with one attached hydrogen (secondary N) is 1. The largest absolute Gasteiger partial charge is 0.412 e. The Morgan fingerprint density at radius 1 is 1.27 bits per heavy atom. The predicted molar refractivity (Wildman–Crippen MR) is 81.9 cm³/mol. The Hall–Kier alpha value is -3.22. The van der Waals surface area contributed by atoms with Crippen LogP contribution in [0.15, 0.2) is 53.5 Å². The van der Waals surface area contributed by atoms with E-state index < -0.39 is 11.0 Å². The number of hydrogen-bond donors (Lipinski definition) is 1. The molecule has 0 aliphatic heterocycles. The molecule has 0 atom stereocenters. The molecule has 7 heteroatoms. The number of aliphatic imine (C=N–C) groups is 1. The number of rotatable bonds is 4. The summed E-state index contributed by atoms with van der Waals surface area (Å²) in [4.78, 5) is 25.4. The van der Waals surface area contributed by atoms with Gasteiger partial charge in [0, 0.05) is 25.4 Å². The lowest BCUT2D eigenvalue weighted by Gasteiger charge is -2.02. The third-order valence-corrected chi connectivity index (χ3v) is 2.70. The van der Waals surface area contributed by atoms with Gasteiger partial charge in [-0.1, -0.05) is 6.07 Å². The molecular formula is C15H13N3O4. The van der Waals surface area contributed by atoms with Gasteiger partial charge in [-0.2, -0.15) is 0 Å². The highest BCUT2D eigenvalue weighted by Gasteiger charge is 2.04. The van der Waals surface area contributed by atoms with Gasteiger partial charge >= 0.3 is 6.09 Å². The van der Waals surface area contributed by atoms with Crippen LogP contribution in [0, 0.1) is 10.1 Å². The van der Waals surface area contributed by atoms with Crippen LogP contribution in [0.5, 0.6) is 5.75 Å². The Morgan fingerprint density at radius 3 is 2.64 bits per heavy atom. The maximum absolute atomic E-state index is 11.0. The number of nitro groups is 1. The molecule has 2 aromatic carbocycles. The standard InChI is InChI=1S/C15H13N3O4/c1-16-15(19)22-14-7-5-11(6-8-14)10-17-12-3-2-4-13(9-12)18(20)21/h2-10H,1H3,(H,16,19). The summed E-state index contributed by atoms with van der Waals surface area (Å²) in [6.45, 7) is 0. The van der Waals surface area contributed by atoms with Crippen LogP contribution in [0.4, 0.5) is 16.2 Å². The van der Waals surface area contributed by atoms with E-state index in [-0.39, 0.29) is 5.69 Å². The van der Waals surface area contributed by atoms with Crippen molar-refractivity contribution in [2.45, 2.75) is 0 Å². The Morgan fingerprint density at radius 2 is 2.00 bits per heavy atom. The molecule has 1 N–H and O–H groups in total. The van der Waals surface area contributed by atoms with Gasteiger partial charge in [0.15, 0.2) is 0 Å². The van der Waals surface area contributed by atoms with E-state index in [4.69, 9.17) is 4.74 Å². The van der Waals surface area contributed by atoms with Gasteiger partial charge in [-0.05, 0) is 35.9 Å². The van der Waals surface area contributed by atoms with Crippen LogP contribution in [0.2, 0.25) is 0 Å². The Balaban J connectivity index is 2.08. The Labute approximate surface area is 126 Å². The first-order valence-corrected chi connectivity index (χ1v) is 6.36. The van der Waals surface area contributed by atoms with E-state index in [2.05, 4.69) is 10.3 Å². The van der Waals surface area contributed by atoms with Crippen LogP contribution in [-0.4, -0.2) is 24.3 Å². The number of non-ortho nitro benzene ring substituents is 1. The highest BCUT2D eigenvalue weighted by atomic mass is 16.6. The Bertz CT molecular complexity index is 711. The Kier molecular flexibility index (Phi) is 4.81. The number of amides is 1. The average molecular weight is 299 g/mol. The fraction of sp³-hybridized carbons (Fsp3) is 0.0667. The van der Waals surface area contributed by atoms with Crippen LogP contribution in [0.3, 0.4) is 0 Å². The fourth-order valence-corrected chi connectivity index (χ4v) is 1.62. The molecule has 0 bridgehead atoms. The van der Waals surface area contributed by atoms with Gasteiger partial charge in [-0.25, -0.2) is 4.79 Å². The van der Waals surface area contributed by atoms with Gasteiger partial charge in [-0.15, -0.1) is 0 Å². The number of nitrogens with zero attached hydrogens (tertiary/aromatic N) is 2. The second-order valence-electron chi connectivity index (χ2n) is 4.24. The first-order chi connectivity index (χ1) is 10.6. The molecule has 7 nitrogen and oxygen atoms in total. The fourth-order valence-electron chi connectivity index (χ4n) is 1.62. The lowest BCUT2D eigenvalue weighted by molar-refractivity contribution is -0.384. The summed E-state index contributed by atoms with van der Waals surface area (Å²) in [5, 5.41) is 13.0. The molecule has 0 saturated heterocycles. The van der Waals surface area contributed by atoms with Crippen molar-refractivity contribution < 1.29 is 14.5 Å². The van der Waals surface area contributed by atoms with Gasteiger partial charge in [0.2, 0.25) is 0 Å². The SMILES string of the molecule is CNC(=O)Oc1ccc(C=Nc2cccc([N+](=O)[O-])c2)cc1. The van der Waals surface area contributed by atoms with Gasteiger partial charge in [0.1, 0.15) is 5.75 Å². The van der Waals surface area contributed by atoms with Gasteiger partial charge < -0.3 is 10.1 Å². The number of carbonyl (C=O) groups excluding carboxylic acids is 1. The number of hydrogen-bond acceptors (Lipinski definition) is 5. The van der Waals surface area contributed by atoms with Crippen molar-refractivity contribution in [1.82, 2.24) is 5.32 Å². The zero-order chi connectivity index (χ0) is 15.9. The quantitative estimate of drug-likeness (QED) is 0.533. The summed E-state index contributed by atoms with van der Waals surface area (Å²) in [6.07, 6.45) is 1.03. The van der Waals surface area contributed by atoms with Crippen LogP contribution >= 0.6 is 0 Å². The van der Waals surface area contributed by atoms with E-state index in [0.29, 0.717) is 11.4 Å². The van der Waals surface area contributed by atoms with Gasteiger partial charge in [0.05, 0.1) is 10.6 Å². The topological polar surface area (TPSA) is 93.8 Å². The molecule has 0 unspecified atom stereocenters. The van der Waals surface area contributed by atoms with E-state index in [1.165, 1.54) is 19.2 Å².